The minimum Gasteiger partial charge on any atom is -0.468 e. The van der Waals surface area contributed by atoms with E-state index in [1.807, 2.05) is 20.0 Å². The fourth-order valence-electron chi connectivity index (χ4n) is 1.37. The van der Waals surface area contributed by atoms with Crippen molar-refractivity contribution in [2.45, 2.75) is 52.1 Å². The van der Waals surface area contributed by atoms with Crippen molar-refractivity contribution in [1.82, 2.24) is 10.3 Å². The first-order chi connectivity index (χ1) is 8.16. The zero-order chi connectivity index (χ0) is 14.0. The molecule has 1 aromatic rings. The summed E-state index contributed by atoms with van der Waals surface area (Å²) in [6.45, 7) is 10.7. The van der Waals surface area contributed by atoms with E-state index in [1.165, 1.54) is 7.11 Å². The molecular weight excluding hydrogens is 248 g/mol. The Balaban J connectivity index is 2.65. The first-order valence-corrected chi connectivity index (χ1v) is 6.77. The summed E-state index contributed by atoms with van der Waals surface area (Å²) in [5.41, 5.74) is -0.610. The number of ether oxygens (including phenoxy) is 1. The number of hydrogen-bond acceptors (Lipinski definition) is 5. The number of thiazole rings is 1. The van der Waals surface area contributed by atoms with Gasteiger partial charge in [-0.25, -0.2) is 4.98 Å². The Labute approximate surface area is 113 Å². The van der Waals surface area contributed by atoms with Crippen LogP contribution in [0.4, 0.5) is 0 Å². The molecule has 0 bridgehead atoms. The summed E-state index contributed by atoms with van der Waals surface area (Å²) in [5, 5.41) is 4.29. The molecule has 0 spiro atoms. The summed E-state index contributed by atoms with van der Waals surface area (Å²) in [6.07, 6.45) is 1.87. The van der Waals surface area contributed by atoms with Gasteiger partial charge in [0.1, 0.15) is 5.54 Å². The topological polar surface area (TPSA) is 51.2 Å². The second kappa shape index (κ2) is 5.36. The van der Waals surface area contributed by atoms with Gasteiger partial charge in [-0.1, -0.05) is 20.8 Å². The van der Waals surface area contributed by atoms with Crippen LogP contribution in [0.15, 0.2) is 6.20 Å². The first-order valence-electron chi connectivity index (χ1n) is 5.95. The Morgan fingerprint density at radius 3 is 2.44 bits per heavy atom. The van der Waals surface area contributed by atoms with Crippen molar-refractivity contribution in [3.8, 4) is 0 Å². The van der Waals surface area contributed by atoms with Crippen molar-refractivity contribution in [2.75, 3.05) is 7.11 Å². The molecule has 1 rings (SSSR count). The Hall–Kier alpha value is -0.940. The smallest absolute Gasteiger partial charge is 0.325 e. The van der Waals surface area contributed by atoms with Crippen LogP contribution in [0, 0.1) is 0 Å². The lowest BCUT2D eigenvalue weighted by molar-refractivity contribution is -0.147. The van der Waals surface area contributed by atoms with E-state index in [1.54, 1.807) is 11.3 Å². The van der Waals surface area contributed by atoms with E-state index in [0.717, 1.165) is 9.88 Å². The molecule has 0 aliphatic rings. The minimum absolute atomic E-state index is 0.0702. The molecule has 18 heavy (non-hydrogen) atoms. The highest BCUT2D eigenvalue weighted by Gasteiger charge is 2.28. The van der Waals surface area contributed by atoms with Crippen LogP contribution in [0.2, 0.25) is 0 Å². The lowest BCUT2D eigenvalue weighted by Crippen LogP contribution is -2.46. The van der Waals surface area contributed by atoms with Gasteiger partial charge in [-0.3, -0.25) is 10.1 Å². The van der Waals surface area contributed by atoms with Gasteiger partial charge in [0.05, 0.1) is 12.1 Å². The van der Waals surface area contributed by atoms with E-state index < -0.39 is 5.54 Å². The third kappa shape index (κ3) is 3.78. The fourth-order valence-corrected chi connectivity index (χ4v) is 2.28. The van der Waals surface area contributed by atoms with Crippen LogP contribution in [-0.4, -0.2) is 23.6 Å². The third-order valence-electron chi connectivity index (χ3n) is 2.60. The number of rotatable bonds is 4. The molecule has 1 heterocycles. The summed E-state index contributed by atoms with van der Waals surface area (Å²) < 4.78 is 4.75. The maximum atomic E-state index is 11.5. The molecule has 4 nitrogen and oxygen atoms in total. The first kappa shape index (κ1) is 15.1. The van der Waals surface area contributed by atoms with Crippen molar-refractivity contribution in [2.24, 2.45) is 0 Å². The fraction of sp³-hybridized carbons (Fsp3) is 0.692. The van der Waals surface area contributed by atoms with Gasteiger partial charge in [0.25, 0.3) is 0 Å². The maximum Gasteiger partial charge on any atom is 0.325 e. The summed E-state index contributed by atoms with van der Waals surface area (Å²) in [6, 6.07) is 0. The molecular formula is C13H22N2O2S. The van der Waals surface area contributed by atoms with Gasteiger partial charge in [-0.15, -0.1) is 11.3 Å². The molecule has 0 aromatic carbocycles. The van der Waals surface area contributed by atoms with Crippen LogP contribution in [0.1, 0.15) is 44.5 Å². The van der Waals surface area contributed by atoms with E-state index in [-0.39, 0.29) is 11.4 Å². The molecule has 1 N–H and O–H groups in total. The van der Waals surface area contributed by atoms with Crippen LogP contribution in [0.25, 0.3) is 0 Å². The standard InChI is InChI=1S/C13H22N2O2S/c1-12(2,3)10-14-7-9(18-10)8-15-13(4,5)11(16)17-6/h7,15H,8H2,1-6H3. The lowest BCUT2D eigenvalue weighted by Gasteiger charge is -2.22. The van der Waals surface area contributed by atoms with Crippen molar-refractivity contribution in [1.29, 1.82) is 0 Å². The highest BCUT2D eigenvalue weighted by atomic mass is 32.1. The normalized spacial score (nSPS) is 12.6. The van der Waals surface area contributed by atoms with Gasteiger partial charge < -0.3 is 4.74 Å². The summed E-state index contributed by atoms with van der Waals surface area (Å²) >= 11 is 1.67. The van der Waals surface area contributed by atoms with Gasteiger partial charge in [0.15, 0.2) is 0 Å². The predicted octanol–water partition coefficient (Wildman–Crippen LogP) is 2.48. The quantitative estimate of drug-likeness (QED) is 0.854. The largest absolute Gasteiger partial charge is 0.468 e. The number of carbonyl (C=O) groups is 1. The van der Waals surface area contributed by atoms with Crippen LogP contribution in [-0.2, 0) is 21.5 Å². The molecule has 0 atom stereocenters. The second-order valence-corrected chi connectivity index (χ2v) is 6.97. The molecule has 0 saturated carbocycles. The molecule has 0 saturated heterocycles. The number of carbonyl (C=O) groups excluding carboxylic acids is 1. The Morgan fingerprint density at radius 1 is 1.39 bits per heavy atom. The number of methoxy groups -OCH3 is 1. The monoisotopic (exact) mass is 270 g/mol. The zero-order valence-electron chi connectivity index (χ0n) is 12.0. The van der Waals surface area contributed by atoms with E-state index in [9.17, 15) is 4.79 Å². The SMILES string of the molecule is COC(=O)C(C)(C)NCc1cnc(C(C)(C)C)s1. The Bertz CT molecular complexity index is 419. The third-order valence-corrected chi connectivity index (χ3v) is 4.02. The van der Waals surface area contributed by atoms with Gasteiger partial charge in [-0.2, -0.15) is 0 Å². The van der Waals surface area contributed by atoms with Gasteiger partial charge >= 0.3 is 5.97 Å². The predicted molar refractivity (Wildman–Crippen MR) is 73.7 cm³/mol. The molecule has 5 heteroatoms. The average molecular weight is 270 g/mol. The molecule has 102 valence electrons. The summed E-state index contributed by atoms with van der Waals surface area (Å²) in [7, 11) is 1.40. The highest BCUT2D eigenvalue weighted by Crippen LogP contribution is 2.26. The van der Waals surface area contributed by atoms with Gasteiger partial charge in [0.2, 0.25) is 0 Å². The van der Waals surface area contributed by atoms with E-state index >= 15 is 0 Å². The van der Waals surface area contributed by atoms with Crippen LogP contribution in [0.3, 0.4) is 0 Å². The Kier molecular flexibility index (Phi) is 4.50. The maximum absolute atomic E-state index is 11.5. The van der Waals surface area contributed by atoms with Crippen molar-refractivity contribution in [3.05, 3.63) is 16.1 Å². The number of aromatic nitrogens is 1. The van der Waals surface area contributed by atoms with Crippen LogP contribution >= 0.6 is 11.3 Å². The molecule has 0 unspecified atom stereocenters. The van der Waals surface area contributed by atoms with E-state index in [0.29, 0.717) is 6.54 Å². The lowest BCUT2D eigenvalue weighted by atomic mass is 9.98. The number of esters is 1. The summed E-state index contributed by atoms with van der Waals surface area (Å²) in [4.78, 5) is 17.1. The van der Waals surface area contributed by atoms with Crippen molar-refractivity contribution >= 4 is 17.3 Å². The summed E-state index contributed by atoms with van der Waals surface area (Å²) in [5.74, 6) is -0.261. The molecule has 1 aromatic heterocycles. The highest BCUT2D eigenvalue weighted by molar-refractivity contribution is 7.11. The van der Waals surface area contributed by atoms with Crippen molar-refractivity contribution < 1.29 is 9.53 Å². The minimum atomic E-state index is -0.680. The molecule has 0 fully saturated rings. The van der Waals surface area contributed by atoms with Gasteiger partial charge in [0, 0.05) is 23.0 Å². The number of hydrogen-bond donors (Lipinski definition) is 1. The van der Waals surface area contributed by atoms with Crippen LogP contribution in [0.5, 0.6) is 0 Å². The van der Waals surface area contributed by atoms with E-state index in [2.05, 4.69) is 31.1 Å². The second-order valence-electron chi connectivity index (χ2n) is 5.85. The van der Waals surface area contributed by atoms with Crippen LogP contribution < -0.4 is 5.32 Å². The van der Waals surface area contributed by atoms with Crippen molar-refractivity contribution in [3.63, 3.8) is 0 Å². The molecule has 0 aliphatic carbocycles. The number of nitrogens with one attached hydrogen (secondary N) is 1. The Morgan fingerprint density at radius 2 is 2.00 bits per heavy atom. The van der Waals surface area contributed by atoms with E-state index in [4.69, 9.17) is 4.74 Å². The molecule has 0 aliphatic heterocycles. The zero-order valence-corrected chi connectivity index (χ0v) is 12.8. The molecule has 0 radical (unpaired) electrons. The van der Waals surface area contributed by atoms with Gasteiger partial charge in [-0.05, 0) is 13.8 Å². The molecule has 0 amide bonds. The number of nitrogens with zero attached hydrogens (tertiary/aromatic N) is 1. The average Bonchev–Trinajstić information content (AvgIpc) is 2.73.